The highest BCUT2D eigenvalue weighted by Crippen LogP contribution is 2.16. The molecule has 0 heterocycles. The normalized spacial score (nSPS) is 10.9. The first-order valence-electron chi connectivity index (χ1n) is 8.50. The predicted octanol–water partition coefficient (Wildman–Crippen LogP) is 2.79. The summed E-state index contributed by atoms with van der Waals surface area (Å²) in [6.45, 7) is 0.858. The average molecular weight is 421 g/mol. The maximum Gasteiger partial charge on any atom is 0.253 e. The van der Waals surface area contributed by atoms with Crippen LogP contribution in [0.2, 0.25) is 5.02 Å². The van der Waals surface area contributed by atoms with E-state index >= 15 is 0 Å². The van der Waals surface area contributed by atoms with Crippen molar-refractivity contribution < 1.29 is 17.9 Å². The molecular weight excluding hydrogens is 400 g/mol. The second-order valence-corrected chi connectivity index (χ2v) is 8.14. The fourth-order valence-electron chi connectivity index (χ4n) is 2.34. The molecule has 2 aromatic rings. The molecule has 0 aliphatic carbocycles. The van der Waals surface area contributed by atoms with Gasteiger partial charge in [-0.2, -0.15) is 4.72 Å². The maximum absolute atomic E-state index is 12.5. The van der Waals surface area contributed by atoms with Crippen molar-refractivity contribution in [2.24, 2.45) is 0 Å². The Kier molecular flexibility index (Phi) is 7.88. The fourth-order valence-corrected chi connectivity index (χ4v) is 3.40. The van der Waals surface area contributed by atoms with E-state index in [1.54, 1.807) is 36.2 Å². The Labute approximate surface area is 170 Å². The molecule has 148 valence electrons. The average Bonchev–Trinajstić information content (AvgIpc) is 2.70. The van der Waals surface area contributed by atoms with Crippen molar-refractivity contribution in [2.45, 2.75) is 11.3 Å². The van der Waals surface area contributed by atoms with Crippen molar-refractivity contribution in [2.75, 3.05) is 26.7 Å². The molecule has 2 aromatic carbocycles. The second-order valence-electron chi connectivity index (χ2n) is 5.94. The van der Waals surface area contributed by atoms with Gasteiger partial charge in [0.05, 0.1) is 18.0 Å². The summed E-state index contributed by atoms with van der Waals surface area (Å²) in [6, 6.07) is 12.8. The summed E-state index contributed by atoms with van der Waals surface area (Å²) in [6.07, 6.45) is 5.70. The van der Waals surface area contributed by atoms with E-state index in [0.29, 0.717) is 35.9 Å². The number of amides is 1. The predicted molar refractivity (Wildman–Crippen MR) is 109 cm³/mol. The summed E-state index contributed by atoms with van der Waals surface area (Å²) < 4.78 is 31.9. The molecule has 0 aromatic heterocycles. The molecule has 0 spiro atoms. The molecule has 6 nitrogen and oxygen atoms in total. The van der Waals surface area contributed by atoms with Crippen molar-refractivity contribution in [3.05, 3.63) is 59.1 Å². The lowest BCUT2D eigenvalue weighted by Crippen LogP contribution is -2.29. The minimum absolute atomic E-state index is 0.0540. The van der Waals surface area contributed by atoms with Crippen molar-refractivity contribution in [3.8, 4) is 18.1 Å². The minimum Gasteiger partial charge on any atom is -0.494 e. The zero-order valence-electron chi connectivity index (χ0n) is 15.4. The van der Waals surface area contributed by atoms with E-state index in [9.17, 15) is 13.2 Å². The molecule has 1 N–H and O–H groups in total. The largest absolute Gasteiger partial charge is 0.494 e. The highest BCUT2D eigenvalue weighted by atomic mass is 35.5. The quantitative estimate of drug-likeness (QED) is 0.500. The number of nitrogens with zero attached hydrogens (tertiary/aromatic N) is 1. The van der Waals surface area contributed by atoms with Gasteiger partial charge in [-0.25, -0.2) is 8.42 Å². The summed E-state index contributed by atoms with van der Waals surface area (Å²) >= 11 is 5.82. The van der Waals surface area contributed by atoms with Gasteiger partial charge in [0.1, 0.15) is 5.75 Å². The molecule has 8 heteroatoms. The molecule has 0 atom stereocenters. The molecule has 2 rings (SSSR count). The standard InChI is InChI=1S/C20H21ClN2O4S/c1-3-13-22-28(25,26)19-11-5-16(6-12-19)20(24)23(2)14-4-15-27-18-9-7-17(21)8-10-18/h1,5-12,22H,4,13-15H2,2H3. The molecule has 0 aliphatic heterocycles. The van der Waals surface area contributed by atoms with Crippen LogP contribution in [0.4, 0.5) is 0 Å². The van der Waals surface area contributed by atoms with Crippen molar-refractivity contribution in [1.29, 1.82) is 0 Å². The summed E-state index contributed by atoms with van der Waals surface area (Å²) in [4.78, 5) is 14.1. The van der Waals surface area contributed by atoms with Gasteiger partial charge < -0.3 is 9.64 Å². The highest BCUT2D eigenvalue weighted by molar-refractivity contribution is 7.89. The number of halogens is 1. The smallest absolute Gasteiger partial charge is 0.253 e. The number of ether oxygens (including phenoxy) is 1. The third kappa shape index (κ3) is 6.27. The molecular formula is C20H21ClN2O4S. The van der Waals surface area contributed by atoms with Crippen LogP contribution in [0.15, 0.2) is 53.4 Å². The van der Waals surface area contributed by atoms with Crippen LogP contribution in [-0.2, 0) is 10.0 Å². The number of benzene rings is 2. The first-order chi connectivity index (χ1) is 13.3. The van der Waals surface area contributed by atoms with E-state index in [2.05, 4.69) is 10.6 Å². The summed E-state index contributed by atoms with van der Waals surface area (Å²) in [5.74, 6) is 2.72. The number of carbonyl (C=O) groups is 1. The van der Waals surface area contributed by atoms with Crippen molar-refractivity contribution in [3.63, 3.8) is 0 Å². The molecule has 0 unspecified atom stereocenters. The van der Waals surface area contributed by atoms with Gasteiger partial charge in [-0.05, 0) is 55.0 Å². The van der Waals surface area contributed by atoms with Crippen molar-refractivity contribution >= 4 is 27.5 Å². The van der Waals surface area contributed by atoms with Gasteiger partial charge in [0.2, 0.25) is 10.0 Å². The molecule has 28 heavy (non-hydrogen) atoms. The number of sulfonamides is 1. The Morgan fingerprint density at radius 2 is 1.82 bits per heavy atom. The molecule has 0 saturated heterocycles. The molecule has 0 saturated carbocycles. The lowest BCUT2D eigenvalue weighted by molar-refractivity contribution is 0.0787. The van der Waals surface area contributed by atoms with Crippen LogP contribution in [0, 0.1) is 12.3 Å². The lowest BCUT2D eigenvalue weighted by atomic mass is 10.2. The monoisotopic (exact) mass is 420 g/mol. The van der Waals surface area contributed by atoms with E-state index in [1.807, 2.05) is 0 Å². The Balaban J connectivity index is 1.85. The van der Waals surface area contributed by atoms with E-state index < -0.39 is 10.0 Å². The Morgan fingerprint density at radius 1 is 1.18 bits per heavy atom. The number of hydrogen-bond acceptors (Lipinski definition) is 4. The van der Waals surface area contributed by atoms with Crippen LogP contribution in [0.1, 0.15) is 16.8 Å². The Hall–Kier alpha value is -2.53. The number of rotatable bonds is 9. The van der Waals surface area contributed by atoms with E-state index in [0.717, 1.165) is 0 Å². The van der Waals surface area contributed by atoms with Crippen LogP contribution in [0.25, 0.3) is 0 Å². The zero-order chi connectivity index (χ0) is 20.6. The number of hydrogen-bond donors (Lipinski definition) is 1. The van der Waals surface area contributed by atoms with Gasteiger partial charge in [0.15, 0.2) is 0 Å². The fraction of sp³-hybridized carbons (Fsp3) is 0.250. The number of carbonyl (C=O) groups excluding carboxylic acids is 1. The lowest BCUT2D eigenvalue weighted by Gasteiger charge is -2.17. The summed E-state index contributed by atoms with van der Waals surface area (Å²) in [5, 5.41) is 0.642. The van der Waals surface area contributed by atoms with E-state index in [1.165, 1.54) is 24.3 Å². The van der Waals surface area contributed by atoms with Crippen molar-refractivity contribution in [1.82, 2.24) is 9.62 Å². The van der Waals surface area contributed by atoms with Crippen LogP contribution in [0.3, 0.4) is 0 Å². The summed E-state index contributed by atoms with van der Waals surface area (Å²) in [7, 11) is -1.99. The van der Waals surface area contributed by atoms with Crippen LogP contribution >= 0.6 is 11.6 Å². The third-order valence-electron chi connectivity index (χ3n) is 3.84. The molecule has 0 radical (unpaired) electrons. The Morgan fingerprint density at radius 3 is 2.43 bits per heavy atom. The maximum atomic E-state index is 12.5. The SMILES string of the molecule is C#CCNS(=O)(=O)c1ccc(C(=O)N(C)CCCOc2ccc(Cl)cc2)cc1. The van der Waals surface area contributed by atoms with Gasteiger partial charge in [-0.15, -0.1) is 6.42 Å². The topological polar surface area (TPSA) is 75.7 Å². The van der Waals surface area contributed by atoms with Gasteiger partial charge in [-0.3, -0.25) is 4.79 Å². The van der Waals surface area contributed by atoms with Gasteiger partial charge >= 0.3 is 0 Å². The third-order valence-corrected chi connectivity index (χ3v) is 5.51. The zero-order valence-corrected chi connectivity index (χ0v) is 17.0. The molecule has 0 bridgehead atoms. The van der Waals surface area contributed by atoms with Gasteiger partial charge in [0, 0.05) is 24.2 Å². The molecule has 0 aliphatic rings. The number of nitrogens with one attached hydrogen (secondary N) is 1. The Bertz CT molecular complexity index is 936. The second kappa shape index (κ2) is 10.1. The first kappa shape index (κ1) is 21.8. The first-order valence-corrected chi connectivity index (χ1v) is 10.4. The van der Waals surface area contributed by atoms with E-state index in [4.69, 9.17) is 22.8 Å². The molecule has 0 fully saturated rings. The van der Waals surface area contributed by atoms with Gasteiger partial charge in [0.25, 0.3) is 5.91 Å². The minimum atomic E-state index is -3.67. The van der Waals surface area contributed by atoms with Gasteiger partial charge in [-0.1, -0.05) is 17.5 Å². The van der Waals surface area contributed by atoms with Crippen LogP contribution in [-0.4, -0.2) is 46.0 Å². The summed E-state index contributed by atoms with van der Waals surface area (Å²) in [5.41, 5.74) is 0.400. The van der Waals surface area contributed by atoms with E-state index in [-0.39, 0.29) is 17.3 Å². The van der Waals surface area contributed by atoms with Crippen LogP contribution in [0.5, 0.6) is 5.75 Å². The number of terminal acetylenes is 1. The van der Waals surface area contributed by atoms with Crippen LogP contribution < -0.4 is 9.46 Å². The highest BCUT2D eigenvalue weighted by Gasteiger charge is 2.16. The molecule has 1 amide bonds.